The van der Waals surface area contributed by atoms with Crippen molar-refractivity contribution in [2.75, 3.05) is 0 Å². The molecule has 4 heteroatoms. The fraction of sp³-hybridized carbons (Fsp3) is 0.167. The van der Waals surface area contributed by atoms with E-state index in [1.54, 1.807) is 6.92 Å². The Labute approximate surface area is 105 Å². The Morgan fingerprint density at radius 2 is 2.31 bits per heavy atom. The van der Waals surface area contributed by atoms with Gasteiger partial charge in [-0.2, -0.15) is 0 Å². The first kappa shape index (κ1) is 10.2. The van der Waals surface area contributed by atoms with Crippen molar-refractivity contribution in [1.82, 2.24) is 4.98 Å². The van der Waals surface area contributed by atoms with Gasteiger partial charge in [-0.3, -0.25) is 4.79 Å². The summed E-state index contributed by atoms with van der Waals surface area (Å²) in [6.07, 6.45) is 0.898. The van der Waals surface area contributed by atoms with Gasteiger partial charge in [0, 0.05) is 28.3 Å². The number of halogens is 1. The number of Topliss-reactive ketones (excluding diaryl/α,β-unsaturated/α-hetero) is 1. The summed E-state index contributed by atoms with van der Waals surface area (Å²) in [5, 5.41) is 0.624. The summed E-state index contributed by atoms with van der Waals surface area (Å²) in [5.41, 5.74) is 3.46. The van der Waals surface area contributed by atoms with Crippen LogP contribution in [0, 0.1) is 0 Å². The van der Waals surface area contributed by atoms with Crippen molar-refractivity contribution >= 4 is 33.0 Å². The standard InChI is InChI=1S/C12H8BrNOS/c1-6(15)12-14-11-9-3-2-8(13)4-7(9)5-10(11)16-12/h2-4H,5H2,1H3. The molecule has 1 aliphatic rings. The molecule has 1 aliphatic carbocycles. The topological polar surface area (TPSA) is 30.0 Å². The first-order chi connectivity index (χ1) is 7.65. The van der Waals surface area contributed by atoms with Gasteiger partial charge >= 0.3 is 0 Å². The van der Waals surface area contributed by atoms with E-state index < -0.39 is 0 Å². The van der Waals surface area contributed by atoms with Crippen LogP contribution in [-0.4, -0.2) is 10.8 Å². The molecule has 0 atom stereocenters. The third-order valence-corrected chi connectivity index (χ3v) is 4.32. The van der Waals surface area contributed by atoms with Gasteiger partial charge < -0.3 is 0 Å². The molecule has 0 saturated heterocycles. The van der Waals surface area contributed by atoms with Crippen LogP contribution < -0.4 is 0 Å². The third-order valence-electron chi connectivity index (χ3n) is 2.67. The minimum Gasteiger partial charge on any atom is -0.292 e. The maximum Gasteiger partial charge on any atom is 0.188 e. The summed E-state index contributed by atoms with van der Waals surface area (Å²) in [4.78, 5) is 16.9. The fourth-order valence-electron chi connectivity index (χ4n) is 1.95. The normalized spacial score (nSPS) is 12.4. The molecule has 0 N–H and O–H groups in total. The highest BCUT2D eigenvalue weighted by atomic mass is 79.9. The van der Waals surface area contributed by atoms with E-state index in [1.165, 1.54) is 27.3 Å². The quantitative estimate of drug-likeness (QED) is 0.641. The third kappa shape index (κ3) is 1.44. The van der Waals surface area contributed by atoms with E-state index in [-0.39, 0.29) is 5.78 Å². The predicted molar refractivity (Wildman–Crippen MR) is 68.1 cm³/mol. The number of rotatable bonds is 1. The Kier molecular flexibility index (Phi) is 2.23. The maximum absolute atomic E-state index is 11.3. The van der Waals surface area contributed by atoms with Crippen molar-refractivity contribution in [2.45, 2.75) is 13.3 Å². The zero-order valence-electron chi connectivity index (χ0n) is 8.58. The predicted octanol–water partition coefficient (Wildman–Crippen LogP) is 3.68. The summed E-state index contributed by atoms with van der Waals surface area (Å²) >= 11 is 4.98. The Bertz CT molecular complexity index is 603. The highest BCUT2D eigenvalue weighted by molar-refractivity contribution is 9.10. The zero-order valence-corrected chi connectivity index (χ0v) is 11.0. The van der Waals surface area contributed by atoms with E-state index in [4.69, 9.17) is 0 Å². The maximum atomic E-state index is 11.3. The van der Waals surface area contributed by atoms with Crippen LogP contribution in [0.2, 0.25) is 0 Å². The van der Waals surface area contributed by atoms with Gasteiger partial charge in [-0.15, -0.1) is 11.3 Å². The second kappa shape index (κ2) is 3.50. The molecule has 80 valence electrons. The molecular formula is C12H8BrNOS. The first-order valence-corrected chi connectivity index (χ1v) is 6.55. The van der Waals surface area contributed by atoms with E-state index in [0.29, 0.717) is 5.01 Å². The molecule has 0 aliphatic heterocycles. The molecule has 0 spiro atoms. The zero-order chi connectivity index (χ0) is 11.3. The molecule has 2 aromatic rings. The van der Waals surface area contributed by atoms with E-state index >= 15 is 0 Å². The molecule has 0 amide bonds. The Morgan fingerprint density at radius 3 is 3.06 bits per heavy atom. The molecule has 16 heavy (non-hydrogen) atoms. The molecule has 0 unspecified atom stereocenters. The highest BCUT2D eigenvalue weighted by Gasteiger charge is 2.24. The van der Waals surface area contributed by atoms with E-state index in [2.05, 4.69) is 33.0 Å². The Balaban J connectivity index is 2.16. The lowest BCUT2D eigenvalue weighted by Gasteiger charge is -1.99. The lowest BCUT2D eigenvalue weighted by atomic mass is 10.1. The van der Waals surface area contributed by atoms with Gasteiger partial charge in [0.25, 0.3) is 0 Å². The van der Waals surface area contributed by atoms with E-state index in [9.17, 15) is 4.79 Å². The average molecular weight is 294 g/mol. The van der Waals surface area contributed by atoms with Crippen molar-refractivity contribution in [3.63, 3.8) is 0 Å². The number of nitrogens with zero attached hydrogens (tertiary/aromatic N) is 1. The van der Waals surface area contributed by atoms with Crippen LogP contribution in [0.15, 0.2) is 22.7 Å². The summed E-state index contributed by atoms with van der Waals surface area (Å²) in [7, 11) is 0. The molecule has 0 fully saturated rings. The van der Waals surface area contributed by atoms with Crippen molar-refractivity contribution in [2.24, 2.45) is 0 Å². The SMILES string of the molecule is CC(=O)c1nc2c(s1)Cc1cc(Br)ccc1-2. The highest BCUT2D eigenvalue weighted by Crippen LogP contribution is 2.40. The van der Waals surface area contributed by atoms with Crippen LogP contribution in [0.3, 0.4) is 0 Å². The molecule has 2 nitrogen and oxygen atoms in total. The van der Waals surface area contributed by atoms with Gasteiger partial charge in [0.15, 0.2) is 10.8 Å². The monoisotopic (exact) mass is 293 g/mol. The number of benzene rings is 1. The molecule has 1 aromatic carbocycles. The number of thiazole rings is 1. The molecule has 1 heterocycles. The number of carbonyl (C=O) groups is 1. The van der Waals surface area contributed by atoms with Gasteiger partial charge in [0.2, 0.25) is 0 Å². The lowest BCUT2D eigenvalue weighted by molar-refractivity contribution is 0.101. The minimum absolute atomic E-state index is 0.0538. The summed E-state index contributed by atoms with van der Waals surface area (Å²) in [5.74, 6) is 0.0538. The molecular weight excluding hydrogens is 286 g/mol. The molecule has 0 saturated carbocycles. The van der Waals surface area contributed by atoms with Crippen LogP contribution >= 0.6 is 27.3 Å². The largest absolute Gasteiger partial charge is 0.292 e. The van der Waals surface area contributed by atoms with Crippen LogP contribution in [0.1, 0.15) is 27.2 Å². The average Bonchev–Trinajstić information content (AvgIpc) is 2.73. The van der Waals surface area contributed by atoms with Gasteiger partial charge in [-0.1, -0.05) is 22.0 Å². The molecule has 0 bridgehead atoms. The van der Waals surface area contributed by atoms with Crippen molar-refractivity contribution in [3.05, 3.63) is 38.1 Å². The Hall–Kier alpha value is -1.00. The van der Waals surface area contributed by atoms with E-state index in [0.717, 1.165) is 16.6 Å². The van der Waals surface area contributed by atoms with Gasteiger partial charge in [0.05, 0.1) is 5.69 Å². The van der Waals surface area contributed by atoms with Crippen LogP contribution in [-0.2, 0) is 6.42 Å². The number of carbonyl (C=O) groups excluding carboxylic acids is 1. The Morgan fingerprint density at radius 1 is 1.50 bits per heavy atom. The minimum atomic E-state index is 0.0538. The fourth-order valence-corrected chi connectivity index (χ4v) is 3.35. The number of hydrogen-bond donors (Lipinski definition) is 0. The second-order valence-corrected chi connectivity index (χ2v) is 5.82. The smallest absolute Gasteiger partial charge is 0.188 e. The number of ketones is 1. The summed E-state index contributed by atoms with van der Waals surface area (Å²) in [6.45, 7) is 1.57. The van der Waals surface area contributed by atoms with Crippen LogP contribution in [0.4, 0.5) is 0 Å². The summed E-state index contributed by atoms with van der Waals surface area (Å²) < 4.78 is 1.09. The second-order valence-electron chi connectivity index (χ2n) is 3.83. The van der Waals surface area contributed by atoms with Crippen molar-refractivity contribution < 1.29 is 4.79 Å². The molecule has 3 rings (SSSR count). The van der Waals surface area contributed by atoms with Crippen LogP contribution in [0.25, 0.3) is 11.3 Å². The lowest BCUT2D eigenvalue weighted by Crippen LogP contribution is -1.90. The van der Waals surface area contributed by atoms with Crippen molar-refractivity contribution in [3.8, 4) is 11.3 Å². The molecule has 1 aromatic heterocycles. The molecule has 0 radical (unpaired) electrons. The van der Waals surface area contributed by atoms with E-state index in [1.807, 2.05) is 6.07 Å². The van der Waals surface area contributed by atoms with Gasteiger partial charge in [-0.05, 0) is 17.7 Å². The number of hydrogen-bond acceptors (Lipinski definition) is 3. The van der Waals surface area contributed by atoms with Crippen molar-refractivity contribution in [1.29, 1.82) is 0 Å². The first-order valence-electron chi connectivity index (χ1n) is 4.94. The number of fused-ring (bicyclic) bond motifs is 3. The van der Waals surface area contributed by atoms with Gasteiger partial charge in [0.1, 0.15) is 0 Å². The summed E-state index contributed by atoms with van der Waals surface area (Å²) in [6, 6.07) is 6.20. The number of aromatic nitrogens is 1. The van der Waals surface area contributed by atoms with Gasteiger partial charge in [-0.25, -0.2) is 4.98 Å². The van der Waals surface area contributed by atoms with Crippen LogP contribution in [0.5, 0.6) is 0 Å².